The number of likely N-dealkylation sites (tertiary alicyclic amines) is 1. The molecule has 3 aromatic rings. The van der Waals surface area contributed by atoms with Crippen molar-refractivity contribution >= 4 is 18.0 Å². The van der Waals surface area contributed by atoms with E-state index in [1.807, 2.05) is 66.7 Å². The SMILES string of the molecule is CC(OCc1ccccc1)C(NC(=O)OCC1c2ccccc2-c2ccccc21)C(=O)N1CCC[C@]1(C)C(=O)O. The largest absolute Gasteiger partial charge is 0.480 e. The molecular formula is C32H34N2O6. The molecule has 208 valence electrons. The number of alkyl carbamates (subject to hydrolysis) is 1. The van der Waals surface area contributed by atoms with Crippen molar-refractivity contribution in [1.82, 2.24) is 10.2 Å². The van der Waals surface area contributed by atoms with Gasteiger partial charge in [0.05, 0.1) is 12.7 Å². The third-order valence-electron chi connectivity index (χ3n) is 8.08. The Morgan fingerprint density at radius 3 is 2.20 bits per heavy atom. The fourth-order valence-corrected chi connectivity index (χ4v) is 5.75. The van der Waals surface area contributed by atoms with Crippen LogP contribution < -0.4 is 5.32 Å². The molecule has 40 heavy (non-hydrogen) atoms. The Morgan fingerprint density at radius 1 is 0.975 bits per heavy atom. The molecule has 1 aliphatic carbocycles. The molecule has 1 aliphatic heterocycles. The second-order valence-corrected chi connectivity index (χ2v) is 10.6. The lowest BCUT2D eigenvalue weighted by Gasteiger charge is -2.35. The number of carbonyl (C=O) groups is 3. The van der Waals surface area contributed by atoms with E-state index in [-0.39, 0.29) is 25.7 Å². The first kappa shape index (κ1) is 27.4. The van der Waals surface area contributed by atoms with Crippen LogP contribution in [0.25, 0.3) is 11.1 Å². The number of rotatable bonds is 9. The second kappa shape index (κ2) is 11.5. The first-order valence-corrected chi connectivity index (χ1v) is 13.6. The van der Waals surface area contributed by atoms with Crippen molar-refractivity contribution in [2.24, 2.45) is 0 Å². The zero-order chi connectivity index (χ0) is 28.3. The van der Waals surface area contributed by atoms with E-state index in [2.05, 4.69) is 17.4 Å². The average molecular weight is 543 g/mol. The number of benzene rings is 3. The lowest BCUT2D eigenvalue weighted by Crippen LogP contribution is -2.60. The third-order valence-corrected chi connectivity index (χ3v) is 8.08. The van der Waals surface area contributed by atoms with Crippen molar-refractivity contribution in [2.45, 2.75) is 56.9 Å². The highest BCUT2D eigenvalue weighted by atomic mass is 16.5. The van der Waals surface area contributed by atoms with Crippen molar-refractivity contribution in [3.8, 4) is 11.1 Å². The molecule has 5 rings (SSSR count). The summed E-state index contributed by atoms with van der Waals surface area (Å²) >= 11 is 0. The fourth-order valence-electron chi connectivity index (χ4n) is 5.75. The van der Waals surface area contributed by atoms with Crippen LogP contribution in [0.2, 0.25) is 0 Å². The van der Waals surface area contributed by atoms with Gasteiger partial charge in [0, 0.05) is 12.5 Å². The van der Waals surface area contributed by atoms with Crippen LogP contribution in [0.4, 0.5) is 4.79 Å². The number of nitrogens with zero attached hydrogens (tertiary/aromatic N) is 1. The third kappa shape index (κ3) is 5.31. The molecule has 2 amide bonds. The molecule has 1 saturated heterocycles. The zero-order valence-corrected chi connectivity index (χ0v) is 22.7. The predicted octanol–water partition coefficient (Wildman–Crippen LogP) is 4.96. The highest BCUT2D eigenvalue weighted by molar-refractivity contribution is 5.92. The van der Waals surface area contributed by atoms with Gasteiger partial charge in [-0.05, 0) is 54.5 Å². The normalized spacial score (nSPS) is 19.4. The Balaban J connectivity index is 1.32. The van der Waals surface area contributed by atoms with E-state index in [1.54, 1.807) is 13.8 Å². The van der Waals surface area contributed by atoms with Gasteiger partial charge in [0.2, 0.25) is 5.91 Å². The van der Waals surface area contributed by atoms with Crippen LogP contribution in [-0.2, 0) is 25.7 Å². The predicted molar refractivity (Wildman–Crippen MR) is 150 cm³/mol. The lowest BCUT2D eigenvalue weighted by atomic mass is 9.98. The molecule has 0 aromatic heterocycles. The minimum Gasteiger partial charge on any atom is -0.480 e. The molecule has 0 spiro atoms. The van der Waals surface area contributed by atoms with Gasteiger partial charge in [0.25, 0.3) is 0 Å². The summed E-state index contributed by atoms with van der Waals surface area (Å²) in [6.07, 6.45) is -0.602. The topological polar surface area (TPSA) is 105 Å². The first-order chi connectivity index (χ1) is 19.3. The van der Waals surface area contributed by atoms with Crippen LogP contribution in [0, 0.1) is 0 Å². The average Bonchev–Trinajstić information content (AvgIpc) is 3.52. The minimum absolute atomic E-state index is 0.0938. The van der Waals surface area contributed by atoms with Gasteiger partial charge in [0.15, 0.2) is 0 Å². The number of carboxylic acid groups (broad SMARTS) is 1. The monoisotopic (exact) mass is 542 g/mol. The molecule has 2 unspecified atom stereocenters. The molecule has 2 N–H and O–H groups in total. The van der Waals surface area contributed by atoms with Crippen LogP contribution in [0.5, 0.6) is 0 Å². The van der Waals surface area contributed by atoms with Gasteiger partial charge in [-0.15, -0.1) is 0 Å². The van der Waals surface area contributed by atoms with Crippen LogP contribution in [-0.4, -0.2) is 58.8 Å². The van der Waals surface area contributed by atoms with E-state index in [4.69, 9.17) is 9.47 Å². The molecule has 1 heterocycles. The van der Waals surface area contributed by atoms with Crippen LogP contribution in [0.3, 0.4) is 0 Å². The summed E-state index contributed by atoms with van der Waals surface area (Å²) in [4.78, 5) is 40.3. The second-order valence-electron chi connectivity index (χ2n) is 10.6. The van der Waals surface area contributed by atoms with Gasteiger partial charge in [-0.1, -0.05) is 78.9 Å². The van der Waals surface area contributed by atoms with E-state index in [1.165, 1.54) is 4.90 Å². The fraction of sp³-hybridized carbons (Fsp3) is 0.344. The molecule has 3 atom stereocenters. The van der Waals surface area contributed by atoms with E-state index < -0.39 is 35.7 Å². The maximum Gasteiger partial charge on any atom is 0.407 e. The Hall–Kier alpha value is -4.17. The Labute approximate surface area is 233 Å². The molecule has 3 aromatic carbocycles. The number of ether oxygens (including phenoxy) is 2. The van der Waals surface area contributed by atoms with E-state index in [0.29, 0.717) is 12.8 Å². The van der Waals surface area contributed by atoms with Gasteiger partial charge in [-0.25, -0.2) is 9.59 Å². The molecule has 0 radical (unpaired) electrons. The minimum atomic E-state index is -1.35. The summed E-state index contributed by atoms with van der Waals surface area (Å²) < 4.78 is 11.7. The maximum absolute atomic E-state index is 13.8. The van der Waals surface area contributed by atoms with Gasteiger partial charge < -0.3 is 24.8 Å². The highest BCUT2D eigenvalue weighted by Crippen LogP contribution is 2.44. The molecule has 1 fully saturated rings. The molecule has 0 bridgehead atoms. The molecule has 8 nitrogen and oxygen atoms in total. The summed E-state index contributed by atoms with van der Waals surface area (Å²) in [5, 5.41) is 12.6. The van der Waals surface area contributed by atoms with Crippen molar-refractivity contribution in [1.29, 1.82) is 0 Å². The highest BCUT2D eigenvalue weighted by Gasteiger charge is 2.48. The first-order valence-electron chi connectivity index (χ1n) is 13.6. The quantitative estimate of drug-likeness (QED) is 0.396. The standard InChI is InChI=1S/C32H34N2O6/c1-21(39-19-22-11-4-3-5-12-22)28(29(35)34-18-10-17-32(34,2)30(36)37)33-31(38)40-20-27-25-15-8-6-13-23(25)24-14-7-9-16-26(24)27/h3-9,11-16,21,27-28H,10,17-20H2,1-2H3,(H,33,38)(H,36,37)/t21?,28?,32-/m1/s1. The van der Waals surface area contributed by atoms with E-state index in [9.17, 15) is 19.5 Å². The molecular weight excluding hydrogens is 508 g/mol. The smallest absolute Gasteiger partial charge is 0.407 e. The lowest BCUT2D eigenvalue weighted by molar-refractivity contribution is -0.157. The summed E-state index contributed by atoms with van der Waals surface area (Å²) in [5.41, 5.74) is 3.96. The van der Waals surface area contributed by atoms with Gasteiger partial charge in [-0.2, -0.15) is 0 Å². The number of carboxylic acids is 1. The summed E-state index contributed by atoms with van der Waals surface area (Å²) in [6, 6.07) is 24.5. The summed E-state index contributed by atoms with van der Waals surface area (Å²) in [7, 11) is 0. The number of hydrogen-bond acceptors (Lipinski definition) is 5. The number of aliphatic carboxylic acids is 1. The Bertz CT molecular complexity index is 1350. The number of carbonyl (C=O) groups excluding carboxylic acids is 2. The van der Waals surface area contributed by atoms with Crippen molar-refractivity contribution in [3.63, 3.8) is 0 Å². The number of fused-ring (bicyclic) bond motifs is 3. The van der Waals surface area contributed by atoms with Crippen molar-refractivity contribution in [3.05, 3.63) is 95.6 Å². The van der Waals surface area contributed by atoms with Crippen molar-refractivity contribution < 1.29 is 29.0 Å². The van der Waals surface area contributed by atoms with Gasteiger partial charge in [0.1, 0.15) is 18.2 Å². The van der Waals surface area contributed by atoms with Gasteiger partial charge >= 0.3 is 12.1 Å². The molecule has 2 aliphatic rings. The van der Waals surface area contributed by atoms with E-state index in [0.717, 1.165) is 27.8 Å². The van der Waals surface area contributed by atoms with E-state index >= 15 is 0 Å². The molecule has 8 heteroatoms. The zero-order valence-electron chi connectivity index (χ0n) is 22.7. The van der Waals surface area contributed by atoms with Crippen molar-refractivity contribution in [2.75, 3.05) is 13.2 Å². The Kier molecular flexibility index (Phi) is 7.89. The number of hydrogen-bond donors (Lipinski definition) is 2. The van der Waals surface area contributed by atoms with Crippen LogP contribution >= 0.6 is 0 Å². The summed E-state index contributed by atoms with van der Waals surface area (Å²) in [6.45, 7) is 3.85. The maximum atomic E-state index is 13.8. The number of nitrogens with one attached hydrogen (secondary N) is 1. The van der Waals surface area contributed by atoms with Crippen LogP contribution in [0.1, 0.15) is 49.3 Å². The molecule has 0 saturated carbocycles. The summed E-state index contributed by atoms with van der Waals surface area (Å²) in [5.74, 6) is -1.71. The van der Waals surface area contributed by atoms with Crippen LogP contribution in [0.15, 0.2) is 78.9 Å². The van der Waals surface area contributed by atoms with Gasteiger partial charge in [-0.3, -0.25) is 4.79 Å². The Morgan fingerprint density at radius 2 is 1.57 bits per heavy atom. The number of amides is 2.